The molecule has 4 aromatic rings. The largest absolute Gasteiger partial charge is 0.486 e. The third kappa shape index (κ3) is 8.11. The number of nitrogens with zero attached hydrogens (tertiary/aromatic N) is 3. The molecule has 41 heavy (non-hydrogen) atoms. The number of rotatable bonds is 13. The highest BCUT2D eigenvalue weighted by atomic mass is 35.5. The number of likely N-dealkylation sites (tertiary alicyclic amines) is 1. The standard InChI is InChI=1S/C34H41ClN4O2/c1-26-10-8-13-31-33(26)37-32(25-41-30-16-14-29(35)15-17-30)39(31)23-18-28(24-27-11-4-2-5-12-27)34(40)36-19-9-22-38-20-6-3-7-21-38/h2,4-5,8,10-17,28H,3,6-7,9,18-25H2,1H3,(H,36,40). The zero-order valence-corrected chi connectivity index (χ0v) is 24.8. The van der Waals surface area contributed by atoms with E-state index in [-0.39, 0.29) is 11.8 Å². The van der Waals surface area contributed by atoms with Crippen LogP contribution < -0.4 is 10.1 Å². The lowest BCUT2D eigenvalue weighted by molar-refractivity contribution is -0.125. The Morgan fingerprint density at radius 2 is 1.76 bits per heavy atom. The van der Waals surface area contributed by atoms with Gasteiger partial charge in [-0.05, 0) is 100 Å². The number of carbonyl (C=O) groups is 1. The molecule has 5 rings (SSSR count). The Morgan fingerprint density at radius 3 is 2.54 bits per heavy atom. The minimum atomic E-state index is -0.139. The molecule has 1 amide bonds. The van der Waals surface area contributed by atoms with Crippen molar-refractivity contribution in [2.24, 2.45) is 5.92 Å². The summed E-state index contributed by atoms with van der Waals surface area (Å²) in [5.41, 5.74) is 4.35. The predicted molar refractivity (Wildman–Crippen MR) is 166 cm³/mol. The van der Waals surface area contributed by atoms with Crippen LogP contribution in [0, 0.1) is 12.8 Å². The van der Waals surface area contributed by atoms with Crippen molar-refractivity contribution in [2.45, 2.75) is 58.6 Å². The number of imidazole rings is 1. The number of benzene rings is 3. The third-order valence-electron chi connectivity index (χ3n) is 8.04. The van der Waals surface area contributed by atoms with Gasteiger partial charge in [-0.1, -0.05) is 60.5 Å². The van der Waals surface area contributed by atoms with Crippen molar-refractivity contribution in [1.29, 1.82) is 0 Å². The van der Waals surface area contributed by atoms with E-state index in [2.05, 4.69) is 52.0 Å². The number of fused-ring (bicyclic) bond motifs is 1. The Hall–Kier alpha value is -3.35. The number of ether oxygens (including phenoxy) is 1. The Kier molecular flexibility index (Phi) is 10.3. The van der Waals surface area contributed by atoms with Crippen molar-refractivity contribution in [3.05, 3.63) is 94.8 Å². The van der Waals surface area contributed by atoms with Gasteiger partial charge in [0.1, 0.15) is 18.2 Å². The summed E-state index contributed by atoms with van der Waals surface area (Å²) in [6, 6.07) is 24.0. The lowest BCUT2D eigenvalue weighted by Gasteiger charge is -2.26. The molecular weight excluding hydrogens is 532 g/mol. The highest BCUT2D eigenvalue weighted by Crippen LogP contribution is 2.24. The highest BCUT2D eigenvalue weighted by molar-refractivity contribution is 6.30. The molecule has 7 heteroatoms. The lowest BCUT2D eigenvalue weighted by Crippen LogP contribution is -2.36. The molecule has 2 heterocycles. The summed E-state index contributed by atoms with van der Waals surface area (Å²) in [6.07, 6.45) is 6.33. The van der Waals surface area contributed by atoms with E-state index in [9.17, 15) is 4.79 Å². The number of halogens is 1. The van der Waals surface area contributed by atoms with Gasteiger partial charge in [-0.3, -0.25) is 4.79 Å². The topological polar surface area (TPSA) is 59.4 Å². The SMILES string of the molecule is Cc1cccc2c1nc(COc1ccc(Cl)cc1)n2CCC(Cc1ccccc1)C(=O)NCCCN1CCCCC1. The zero-order chi connectivity index (χ0) is 28.4. The van der Waals surface area contributed by atoms with Crippen molar-refractivity contribution in [2.75, 3.05) is 26.2 Å². The molecule has 1 saturated heterocycles. The van der Waals surface area contributed by atoms with Gasteiger partial charge in [0, 0.05) is 24.0 Å². The molecule has 216 valence electrons. The van der Waals surface area contributed by atoms with Crippen molar-refractivity contribution in [3.8, 4) is 5.75 Å². The van der Waals surface area contributed by atoms with Gasteiger partial charge in [0.05, 0.1) is 11.0 Å². The van der Waals surface area contributed by atoms with E-state index >= 15 is 0 Å². The average Bonchev–Trinajstić information content (AvgIpc) is 3.36. The second-order valence-electron chi connectivity index (χ2n) is 11.1. The minimum Gasteiger partial charge on any atom is -0.486 e. The highest BCUT2D eigenvalue weighted by Gasteiger charge is 2.21. The number of carbonyl (C=O) groups excluding carboxylic acids is 1. The lowest BCUT2D eigenvalue weighted by atomic mass is 9.95. The number of aryl methyl sites for hydroxylation is 2. The first kappa shape index (κ1) is 29.2. The van der Waals surface area contributed by atoms with Crippen LogP contribution >= 0.6 is 11.6 Å². The Labute approximate surface area is 248 Å². The molecule has 1 atom stereocenters. The zero-order valence-electron chi connectivity index (χ0n) is 24.0. The van der Waals surface area contributed by atoms with Gasteiger partial charge < -0.3 is 19.5 Å². The van der Waals surface area contributed by atoms with E-state index in [0.717, 1.165) is 41.1 Å². The maximum absolute atomic E-state index is 13.5. The molecule has 1 aliphatic heterocycles. The molecule has 1 aliphatic rings. The van der Waals surface area contributed by atoms with Crippen LogP contribution in [-0.4, -0.2) is 46.5 Å². The molecule has 0 aliphatic carbocycles. The van der Waals surface area contributed by atoms with Crippen LogP contribution in [0.15, 0.2) is 72.8 Å². The smallest absolute Gasteiger partial charge is 0.223 e. The van der Waals surface area contributed by atoms with E-state index in [1.54, 1.807) is 0 Å². The minimum absolute atomic E-state index is 0.132. The van der Waals surface area contributed by atoms with Crippen LogP contribution in [0.25, 0.3) is 11.0 Å². The number of nitrogens with one attached hydrogen (secondary N) is 1. The molecule has 1 fully saturated rings. The monoisotopic (exact) mass is 572 g/mol. The molecule has 0 spiro atoms. The molecule has 6 nitrogen and oxygen atoms in total. The molecule has 1 unspecified atom stereocenters. The van der Waals surface area contributed by atoms with E-state index in [1.807, 2.05) is 42.5 Å². The van der Waals surface area contributed by atoms with Crippen LogP contribution in [0.5, 0.6) is 5.75 Å². The van der Waals surface area contributed by atoms with Crippen molar-refractivity contribution >= 4 is 28.5 Å². The quantitative estimate of drug-likeness (QED) is 0.179. The molecule has 1 N–H and O–H groups in total. The predicted octanol–water partition coefficient (Wildman–Crippen LogP) is 6.82. The fourth-order valence-electron chi connectivity index (χ4n) is 5.72. The van der Waals surface area contributed by atoms with Crippen LogP contribution in [0.3, 0.4) is 0 Å². The summed E-state index contributed by atoms with van der Waals surface area (Å²) in [6.45, 7) is 7.24. The molecular formula is C34H41ClN4O2. The van der Waals surface area contributed by atoms with Crippen LogP contribution in [0.2, 0.25) is 5.02 Å². The summed E-state index contributed by atoms with van der Waals surface area (Å²) in [7, 11) is 0. The summed E-state index contributed by atoms with van der Waals surface area (Å²) in [5.74, 6) is 1.59. The summed E-state index contributed by atoms with van der Waals surface area (Å²) in [5, 5.41) is 3.93. The van der Waals surface area contributed by atoms with E-state index in [4.69, 9.17) is 21.3 Å². The van der Waals surface area contributed by atoms with Gasteiger partial charge >= 0.3 is 0 Å². The first-order chi connectivity index (χ1) is 20.1. The molecule has 0 saturated carbocycles. The maximum Gasteiger partial charge on any atom is 0.223 e. The second kappa shape index (κ2) is 14.5. The third-order valence-corrected chi connectivity index (χ3v) is 8.29. The van der Waals surface area contributed by atoms with E-state index < -0.39 is 0 Å². The summed E-state index contributed by atoms with van der Waals surface area (Å²) in [4.78, 5) is 21.0. The first-order valence-corrected chi connectivity index (χ1v) is 15.3. The molecule has 1 aromatic heterocycles. The van der Waals surface area contributed by atoms with Crippen LogP contribution in [0.4, 0.5) is 0 Å². The fourth-order valence-corrected chi connectivity index (χ4v) is 5.85. The normalized spacial score (nSPS) is 14.7. The number of aromatic nitrogens is 2. The Morgan fingerprint density at radius 1 is 0.976 bits per heavy atom. The van der Waals surface area contributed by atoms with Crippen LogP contribution in [-0.2, 0) is 24.4 Å². The van der Waals surface area contributed by atoms with Gasteiger partial charge in [-0.2, -0.15) is 0 Å². The summed E-state index contributed by atoms with van der Waals surface area (Å²) >= 11 is 6.05. The average molecular weight is 573 g/mol. The van der Waals surface area contributed by atoms with Crippen LogP contribution in [0.1, 0.15) is 49.1 Å². The van der Waals surface area contributed by atoms with E-state index in [1.165, 1.54) is 37.9 Å². The van der Waals surface area contributed by atoms with Gasteiger partial charge in [-0.15, -0.1) is 0 Å². The second-order valence-corrected chi connectivity index (χ2v) is 11.5. The van der Waals surface area contributed by atoms with Crippen molar-refractivity contribution < 1.29 is 9.53 Å². The van der Waals surface area contributed by atoms with Gasteiger partial charge in [0.2, 0.25) is 5.91 Å². The number of amides is 1. The van der Waals surface area contributed by atoms with Gasteiger partial charge in [0.25, 0.3) is 0 Å². The fraction of sp³-hybridized carbons (Fsp3) is 0.412. The number of para-hydroxylation sites is 1. The molecule has 3 aromatic carbocycles. The number of hydrogen-bond acceptors (Lipinski definition) is 4. The number of hydrogen-bond donors (Lipinski definition) is 1. The molecule has 0 bridgehead atoms. The number of piperidine rings is 1. The first-order valence-electron chi connectivity index (χ1n) is 14.9. The summed E-state index contributed by atoms with van der Waals surface area (Å²) < 4.78 is 8.32. The Bertz CT molecular complexity index is 1400. The van der Waals surface area contributed by atoms with E-state index in [0.29, 0.717) is 37.6 Å². The van der Waals surface area contributed by atoms with Crippen molar-refractivity contribution in [3.63, 3.8) is 0 Å². The van der Waals surface area contributed by atoms with Gasteiger partial charge in [0.15, 0.2) is 0 Å². The Balaban J connectivity index is 1.28. The van der Waals surface area contributed by atoms with Gasteiger partial charge in [-0.25, -0.2) is 4.98 Å². The van der Waals surface area contributed by atoms with Crippen molar-refractivity contribution in [1.82, 2.24) is 19.8 Å². The molecule has 0 radical (unpaired) electrons. The maximum atomic E-state index is 13.5.